The van der Waals surface area contributed by atoms with E-state index in [2.05, 4.69) is 46.4 Å². The molecule has 0 spiro atoms. The van der Waals surface area contributed by atoms with Crippen LogP contribution in [0.25, 0.3) is 90.8 Å². The maximum absolute atomic E-state index is 5.12. The molecule has 0 unspecified atom stereocenters. The van der Waals surface area contributed by atoms with Gasteiger partial charge in [0.1, 0.15) is 5.69 Å². The Kier molecular flexibility index (Phi) is 8.73. The van der Waals surface area contributed by atoms with Crippen molar-refractivity contribution >= 4 is 0 Å². The lowest BCUT2D eigenvalue weighted by Gasteiger charge is -2.12. The quantitative estimate of drug-likeness (QED) is 0.155. The van der Waals surface area contributed by atoms with Crippen molar-refractivity contribution in [1.29, 1.82) is 0 Å². The van der Waals surface area contributed by atoms with Crippen molar-refractivity contribution in [2.24, 2.45) is 0 Å². The van der Waals surface area contributed by atoms with E-state index in [-0.39, 0.29) is 0 Å². The number of aromatic nitrogens is 8. The molecule has 0 N–H and O–H groups in total. The highest BCUT2D eigenvalue weighted by molar-refractivity contribution is 5.77. The Morgan fingerprint density at radius 2 is 0.685 bits per heavy atom. The maximum atomic E-state index is 5.12. The smallest absolute Gasteiger partial charge is 0.182 e. The van der Waals surface area contributed by atoms with Gasteiger partial charge in [0.2, 0.25) is 0 Å². The van der Waals surface area contributed by atoms with Crippen LogP contribution < -0.4 is 0 Å². The Labute approximate surface area is 312 Å². The summed E-state index contributed by atoms with van der Waals surface area (Å²) in [5.41, 5.74) is 9.73. The molecular weight excluding hydrogens is 665 g/mol. The van der Waals surface area contributed by atoms with Crippen molar-refractivity contribution in [2.45, 2.75) is 0 Å². The summed E-state index contributed by atoms with van der Waals surface area (Å²) < 4.78 is 0. The molecule has 0 radical (unpaired) electrons. The van der Waals surface area contributed by atoms with Crippen LogP contribution >= 0.6 is 0 Å². The topological polar surface area (TPSA) is 103 Å². The maximum Gasteiger partial charge on any atom is 0.182 e. The molecule has 0 bridgehead atoms. The lowest BCUT2D eigenvalue weighted by atomic mass is 10.0. The zero-order valence-electron chi connectivity index (χ0n) is 28.9. The minimum absolute atomic E-state index is 0.412. The minimum Gasteiger partial charge on any atom is -0.255 e. The fraction of sp³-hybridized carbons (Fsp3) is 0. The zero-order chi connectivity index (χ0) is 36.1. The summed E-state index contributed by atoms with van der Waals surface area (Å²) in [5, 5.41) is 0. The number of pyridine rings is 3. The Bertz CT molecular complexity index is 2630. The molecule has 5 heterocycles. The fourth-order valence-corrected chi connectivity index (χ4v) is 6.20. The molecule has 0 atom stereocenters. The number of hydrogen-bond donors (Lipinski definition) is 0. The van der Waals surface area contributed by atoms with E-state index in [0.29, 0.717) is 40.4 Å². The molecule has 0 aliphatic heterocycles. The van der Waals surface area contributed by atoms with Gasteiger partial charge in [-0.1, -0.05) is 121 Å². The highest BCUT2D eigenvalue weighted by Crippen LogP contribution is 2.32. The van der Waals surface area contributed by atoms with Gasteiger partial charge in [0.15, 0.2) is 23.3 Å². The molecule has 4 aromatic carbocycles. The summed E-state index contributed by atoms with van der Waals surface area (Å²) in [6, 6.07) is 55.9. The SMILES string of the molecule is c1ccc(-c2cccc(-c3cc(-c4nc(-c5ccccc5)nc(-c5cc(-c6ccccn6)nc(-c6ccccn6)c5)n4)nc(-c4ccccc4)n3)c2)cc1. The Balaban J connectivity index is 1.26. The van der Waals surface area contributed by atoms with E-state index in [1.807, 2.05) is 133 Å². The molecule has 254 valence electrons. The molecule has 5 aromatic heterocycles. The second-order valence-electron chi connectivity index (χ2n) is 12.5. The Morgan fingerprint density at radius 1 is 0.222 bits per heavy atom. The van der Waals surface area contributed by atoms with Gasteiger partial charge in [-0.15, -0.1) is 0 Å². The second-order valence-corrected chi connectivity index (χ2v) is 12.5. The highest BCUT2D eigenvalue weighted by Gasteiger charge is 2.19. The average molecular weight is 695 g/mol. The van der Waals surface area contributed by atoms with E-state index < -0.39 is 0 Å². The van der Waals surface area contributed by atoms with Crippen molar-refractivity contribution in [3.8, 4) is 90.8 Å². The first-order valence-corrected chi connectivity index (χ1v) is 17.5. The number of benzene rings is 4. The van der Waals surface area contributed by atoms with E-state index in [1.165, 1.54) is 0 Å². The van der Waals surface area contributed by atoms with Gasteiger partial charge >= 0.3 is 0 Å². The van der Waals surface area contributed by atoms with Gasteiger partial charge in [0.05, 0.1) is 28.5 Å². The van der Waals surface area contributed by atoms with Crippen LogP contribution in [0.4, 0.5) is 0 Å². The second kappa shape index (κ2) is 14.6. The molecule has 9 aromatic rings. The Morgan fingerprint density at radius 3 is 1.26 bits per heavy atom. The molecule has 0 aliphatic carbocycles. The van der Waals surface area contributed by atoms with Gasteiger partial charge in [0, 0.05) is 34.6 Å². The van der Waals surface area contributed by atoms with Gasteiger partial charge < -0.3 is 0 Å². The molecule has 0 saturated carbocycles. The van der Waals surface area contributed by atoms with Crippen molar-refractivity contribution in [1.82, 2.24) is 39.9 Å². The average Bonchev–Trinajstić information content (AvgIpc) is 3.27. The van der Waals surface area contributed by atoms with E-state index in [9.17, 15) is 0 Å². The van der Waals surface area contributed by atoms with Crippen LogP contribution in [-0.2, 0) is 0 Å². The normalized spacial score (nSPS) is 11.0. The summed E-state index contributed by atoms with van der Waals surface area (Å²) in [4.78, 5) is 39.5. The van der Waals surface area contributed by atoms with Crippen molar-refractivity contribution in [3.63, 3.8) is 0 Å². The first-order valence-electron chi connectivity index (χ1n) is 17.5. The van der Waals surface area contributed by atoms with Crippen LogP contribution in [-0.4, -0.2) is 39.9 Å². The number of hydrogen-bond acceptors (Lipinski definition) is 8. The molecule has 8 nitrogen and oxygen atoms in total. The van der Waals surface area contributed by atoms with Crippen LogP contribution in [0.2, 0.25) is 0 Å². The third kappa shape index (κ3) is 6.87. The third-order valence-electron chi connectivity index (χ3n) is 8.86. The van der Waals surface area contributed by atoms with Gasteiger partial charge in [-0.05, 0) is 59.7 Å². The summed E-state index contributed by atoms with van der Waals surface area (Å²) >= 11 is 0. The summed E-state index contributed by atoms with van der Waals surface area (Å²) in [7, 11) is 0. The molecule has 0 aliphatic rings. The van der Waals surface area contributed by atoms with Crippen LogP contribution in [0.1, 0.15) is 0 Å². The van der Waals surface area contributed by atoms with Crippen molar-refractivity contribution in [3.05, 3.63) is 182 Å². The van der Waals surface area contributed by atoms with E-state index >= 15 is 0 Å². The van der Waals surface area contributed by atoms with E-state index in [4.69, 9.17) is 29.9 Å². The number of rotatable bonds is 8. The van der Waals surface area contributed by atoms with Gasteiger partial charge in [-0.2, -0.15) is 0 Å². The lowest BCUT2D eigenvalue weighted by molar-refractivity contribution is 1.05. The van der Waals surface area contributed by atoms with Gasteiger partial charge in [0.25, 0.3) is 0 Å². The number of nitrogens with zero attached hydrogens (tertiary/aromatic N) is 8. The van der Waals surface area contributed by atoms with Crippen LogP contribution in [0, 0.1) is 0 Å². The highest BCUT2D eigenvalue weighted by atomic mass is 15.1. The van der Waals surface area contributed by atoms with Crippen molar-refractivity contribution in [2.75, 3.05) is 0 Å². The fourth-order valence-electron chi connectivity index (χ4n) is 6.20. The van der Waals surface area contributed by atoms with Crippen LogP contribution in [0.5, 0.6) is 0 Å². The zero-order valence-corrected chi connectivity index (χ0v) is 28.9. The predicted octanol–water partition coefficient (Wildman–Crippen LogP) is 10.2. The Hall–Kier alpha value is -7.58. The first-order chi connectivity index (χ1) is 26.7. The third-order valence-corrected chi connectivity index (χ3v) is 8.86. The van der Waals surface area contributed by atoms with Crippen LogP contribution in [0.15, 0.2) is 182 Å². The molecule has 0 fully saturated rings. The van der Waals surface area contributed by atoms with E-state index in [0.717, 1.165) is 50.5 Å². The van der Waals surface area contributed by atoms with Gasteiger partial charge in [-0.3, -0.25) is 9.97 Å². The van der Waals surface area contributed by atoms with E-state index in [1.54, 1.807) is 12.4 Å². The molecular formula is C46H30N8. The van der Waals surface area contributed by atoms with Crippen molar-refractivity contribution < 1.29 is 0 Å². The minimum atomic E-state index is 0.412. The summed E-state index contributed by atoms with van der Waals surface area (Å²) in [5.74, 6) is 1.95. The molecule has 0 saturated heterocycles. The van der Waals surface area contributed by atoms with Gasteiger partial charge in [-0.25, -0.2) is 29.9 Å². The predicted molar refractivity (Wildman–Crippen MR) is 212 cm³/mol. The summed E-state index contributed by atoms with van der Waals surface area (Å²) in [6.07, 6.45) is 3.51. The van der Waals surface area contributed by atoms with Crippen LogP contribution in [0.3, 0.4) is 0 Å². The molecule has 0 amide bonds. The molecule has 8 heteroatoms. The first kappa shape index (κ1) is 32.3. The lowest BCUT2D eigenvalue weighted by Crippen LogP contribution is -2.04. The largest absolute Gasteiger partial charge is 0.255 e. The molecule has 54 heavy (non-hydrogen) atoms. The standard InChI is InChI=1S/C46H30N8/c1-4-15-31(16-5-1)34-21-14-22-35(27-34)39-30-42(51-43(50-39)32-17-6-2-7-18-32)46-53-44(33-19-8-3-9-20-33)52-45(54-46)36-28-40(37-23-10-12-25-47-37)49-41(29-36)38-24-11-13-26-48-38/h1-30H. The summed E-state index contributed by atoms with van der Waals surface area (Å²) in [6.45, 7) is 0. The monoisotopic (exact) mass is 694 g/mol. The molecule has 9 rings (SSSR count).